The van der Waals surface area contributed by atoms with Crippen LogP contribution in [0.15, 0.2) is 18.2 Å². The minimum Gasteiger partial charge on any atom is -0.465 e. The van der Waals surface area contributed by atoms with Gasteiger partial charge in [-0.25, -0.2) is 4.79 Å². The molecule has 10 nitrogen and oxygen atoms in total. The van der Waals surface area contributed by atoms with Gasteiger partial charge in [-0.3, -0.25) is 29.4 Å². The van der Waals surface area contributed by atoms with E-state index in [0.29, 0.717) is 0 Å². The van der Waals surface area contributed by atoms with Crippen LogP contribution in [-0.2, 0) is 9.59 Å². The van der Waals surface area contributed by atoms with Crippen molar-refractivity contribution in [2.75, 3.05) is 12.8 Å². The van der Waals surface area contributed by atoms with Gasteiger partial charge in [0.05, 0.1) is 11.1 Å². The van der Waals surface area contributed by atoms with E-state index in [9.17, 15) is 24.0 Å². The van der Waals surface area contributed by atoms with E-state index in [1.54, 1.807) is 6.07 Å². The molecule has 132 valence electrons. The van der Waals surface area contributed by atoms with Crippen molar-refractivity contribution in [1.29, 1.82) is 0 Å². The highest BCUT2D eigenvalue weighted by molar-refractivity contribution is 6.25. The SMILES string of the molecule is CNC(=O)O.Nc1cccc2c1C(=O)N(C1CCC(=O)NC1=O)C2=O. The highest BCUT2D eigenvalue weighted by Crippen LogP contribution is 2.30. The Kier molecular flexibility index (Phi) is 5.01. The maximum Gasteiger partial charge on any atom is 0.404 e. The molecule has 2 aliphatic heterocycles. The number of carbonyl (C=O) groups excluding carboxylic acids is 4. The minimum absolute atomic E-state index is 0.0965. The molecular weight excluding hydrogens is 332 g/mol. The third-order valence-electron chi connectivity index (χ3n) is 3.71. The molecule has 0 spiro atoms. The van der Waals surface area contributed by atoms with E-state index < -0.39 is 35.8 Å². The fourth-order valence-corrected chi connectivity index (χ4v) is 2.54. The van der Waals surface area contributed by atoms with Crippen molar-refractivity contribution in [3.8, 4) is 0 Å². The van der Waals surface area contributed by atoms with Crippen molar-refractivity contribution in [1.82, 2.24) is 15.5 Å². The number of amides is 5. The van der Waals surface area contributed by atoms with Crippen LogP contribution in [0, 0.1) is 0 Å². The number of piperidine rings is 1. The molecule has 0 saturated carbocycles. The van der Waals surface area contributed by atoms with Crippen molar-refractivity contribution in [3.05, 3.63) is 29.3 Å². The van der Waals surface area contributed by atoms with Crippen LogP contribution in [0.1, 0.15) is 33.6 Å². The van der Waals surface area contributed by atoms with Gasteiger partial charge in [-0.1, -0.05) is 6.07 Å². The van der Waals surface area contributed by atoms with Crippen molar-refractivity contribution < 1.29 is 29.1 Å². The van der Waals surface area contributed by atoms with Gasteiger partial charge in [0.1, 0.15) is 6.04 Å². The molecule has 1 aromatic carbocycles. The summed E-state index contributed by atoms with van der Waals surface area (Å²) < 4.78 is 0. The lowest BCUT2D eigenvalue weighted by molar-refractivity contribution is -0.136. The van der Waals surface area contributed by atoms with Crippen molar-refractivity contribution in [3.63, 3.8) is 0 Å². The monoisotopic (exact) mass is 348 g/mol. The van der Waals surface area contributed by atoms with Gasteiger partial charge >= 0.3 is 6.09 Å². The Morgan fingerprint density at radius 3 is 2.44 bits per heavy atom. The second kappa shape index (κ2) is 6.99. The van der Waals surface area contributed by atoms with Crippen molar-refractivity contribution in [2.24, 2.45) is 0 Å². The van der Waals surface area contributed by atoms with Crippen molar-refractivity contribution in [2.45, 2.75) is 18.9 Å². The molecule has 5 N–H and O–H groups in total. The number of anilines is 1. The topological polar surface area (TPSA) is 159 Å². The predicted molar refractivity (Wildman–Crippen MR) is 84.6 cm³/mol. The van der Waals surface area contributed by atoms with Crippen LogP contribution in [-0.4, -0.2) is 52.8 Å². The Bertz CT molecular complexity index is 775. The second-order valence-corrected chi connectivity index (χ2v) is 5.27. The standard InChI is InChI=1S/C13H11N3O4.C2H5NO2/c14-7-3-1-2-6-10(7)13(20)16(12(6)19)8-4-5-9(17)15-11(8)18;1-3-2(4)5/h1-3,8H,4-5,14H2,(H,15,17,18);3H,1H3,(H,4,5). The molecule has 1 atom stereocenters. The normalized spacial score (nSPS) is 18.9. The van der Waals surface area contributed by atoms with Gasteiger partial charge in [-0.05, 0) is 18.6 Å². The molecule has 0 aliphatic carbocycles. The molecule has 5 amide bonds. The summed E-state index contributed by atoms with van der Waals surface area (Å²) >= 11 is 0. The molecule has 0 radical (unpaired) electrons. The third kappa shape index (κ3) is 3.42. The van der Waals surface area contributed by atoms with E-state index >= 15 is 0 Å². The van der Waals surface area contributed by atoms with Gasteiger partial charge in [-0.2, -0.15) is 0 Å². The Balaban J connectivity index is 0.000000399. The number of nitrogens with two attached hydrogens (primary N) is 1. The summed E-state index contributed by atoms with van der Waals surface area (Å²) in [6.45, 7) is 0. The summed E-state index contributed by atoms with van der Waals surface area (Å²) in [6, 6.07) is 3.64. The van der Waals surface area contributed by atoms with Crippen LogP contribution in [0.4, 0.5) is 10.5 Å². The number of imide groups is 2. The average Bonchev–Trinajstić information content (AvgIpc) is 2.81. The first-order chi connectivity index (χ1) is 11.8. The number of fused-ring (bicyclic) bond motifs is 1. The predicted octanol–water partition coefficient (Wildman–Crippen LogP) is -0.446. The van der Waals surface area contributed by atoms with Crippen LogP contribution >= 0.6 is 0 Å². The smallest absolute Gasteiger partial charge is 0.404 e. The minimum atomic E-state index is -0.995. The average molecular weight is 348 g/mol. The lowest BCUT2D eigenvalue weighted by atomic mass is 10.0. The summed E-state index contributed by atoms with van der Waals surface area (Å²) in [5, 5.41) is 11.7. The molecule has 2 aliphatic rings. The van der Waals surface area contributed by atoms with Gasteiger partial charge in [0.2, 0.25) is 11.8 Å². The van der Waals surface area contributed by atoms with Crippen LogP contribution in [0.25, 0.3) is 0 Å². The number of benzene rings is 1. The van der Waals surface area contributed by atoms with Gasteiger partial charge in [0.25, 0.3) is 11.8 Å². The van der Waals surface area contributed by atoms with Crippen molar-refractivity contribution >= 4 is 35.4 Å². The number of nitrogens with one attached hydrogen (secondary N) is 2. The highest BCUT2D eigenvalue weighted by Gasteiger charge is 2.45. The lowest BCUT2D eigenvalue weighted by Gasteiger charge is -2.27. The molecule has 25 heavy (non-hydrogen) atoms. The van der Waals surface area contributed by atoms with E-state index in [-0.39, 0.29) is 29.7 Å². The maximum absolute atomic E-state index is 12.3. The van der Waals surface area contributed by atoms with Crippen LogP contribution in [0.5, 0.6) is 0 Å². The number of hydrogen-bond donors (Lipinski definition) is 4. The number of carboxylic acid groups (broad SMARTS) is 1. The number of carbonyl (C=O) groups is 5. The zero-order valence-corrected chi connectivity index (χ0v) is 13.2. The zero-order valence-electron chi connectivity index (χ0n) is 13.2. The quantitative estimate of drug-likeness (QED) is 0.395. The first-order valence-electron chi connectivity index (χ1n) is 7.28. The summed E-state index contributed by atoms with van der Waals surface area (Å²) in [4.78, 5) is 57.7. The Hall–Kier alpha value is -3.43. The molecule has 0 aromatic heterocycles. The summed E-state index contributed by atoms with van der Waals surface area (Å²) in [6.07, 6.45) is -0.764. The highest BCUT2D eigenvalue weighted by atomic mass is 16.4. The third-order valence-corrected chi connectivity index (χ3v) is 3.71. The number of rotatable bonds is 1. The summed E-state index contributed by atoms with van der Waals surface area (Å²) in [5.74, 6) is -2.17. The maximum atomic E-state index is 12.3. The summed E-state index contributed by atoms with van der Waals surface area (Å²) in [5.41, 5.74) is 6.24. The Morgan fingerprint density at radius 1 is 1.28 bits per heavy atom. The number of nitrogens with zero attached hydrogens (tertiary/aromatic N) is 1. The van der Waals surface area contributed by atoms with Crippen LogP contribution < -0.4 is 16.4 Å². The van der Waals surface area contributed by atoms with E-state index in [1.165, 1.54) is 19.2 Å². The van der Waals surface area contributed by atoms with E-state index in [0.717, 1.165) is 4.90 Å². The largest absolute Gasteiger partial charge is 0.465 e. The van der Waals surface area contributed by atoms with Gasteiger partial charge in [0.15, 0.2) is 0 Å². The molecule has 2 heterocycles. The zero-order chi connectivity index (χ0) is 18.7. The van der Waals surface area contributed by atoms with E-state index in [4.69, 9.17) is 10.8 Å². The van der Waals surface area contributed by atoms with E-state index in [1.807, 2.05) is 5.32 Å². The first kappa shape index (κ1) is 17.9. The molecule has 10 heteroatoms. The van der Waals surface area contributed by atoms with Gasteiger partial charge in [-0.15, -0.1) is 0 Å². The van der Waals surface area contributed by atoms with Crippen LogP contribution in [0.2, 0.25) is 0 Å². The summed E-state index contributed by atoms with van der Waals surface area (Å²) in [7, 11) is 1.35. The molecule has 1 fully saturated rings. The molecule has 3 rings (SSSR count). The van der Waals surface area contributed by atoms with Gasteiger partial charge in [0, 0.05) is 19.2 Å². The first-order valence-corrected chi connectivity index (χ1v) is 7.28. The second-order valence-electron chi connectivity index (χ2n) is 5.27. The molecule has 0 bridgehead atoms. The van der Waals surface area contributed by atoms with Gasteiger partial charge < -0.3 is 16.2 Å². The molecule has 1 aromatic rings. The number of hydrogen-bond acceptors (Lipinski definition) is 6. The molecular formula is C15H16N4O6. The van der Waals surface area contributed by atoms with Crippen LogP contribution in [0.3, 0.4) is 0 Å². The number of nitrogen functional groups attached to an aromatic ring is 1. The Labute approximate surface area is 142 Å². The molecule has 1 unspecified atom stereocenters. The fourth-order valence-electron chi connectivity index (χ4n) is 2.54. The molecule has 1 saturated heterocycles. The Morgan fingerprint density at radius 2 is 1.92 bits per heavy atom. The lowest BCUT2D eigenvalue weighted by Crippen LogP contribution is -2.54. The fraction of sp³-hybridized carbons (Fsp3) is 0.267. The van der Waals surface area contributed by atoms with E-state index in [2.05, 4.69) is 5.32 Å².